The molecule has 0 saturated carbocycles. The molecule has 9 heavy (non-hydrogen) atoms. The average Bonchev–Trinajstić information content (AvgIpc) is 2.10. The topological polar surface area (TPSA) is 52.6 Å². The maximum absolute atomic E-state index is 10.4. The summed E-state index contributed by atoms with van der Waals surface area (Å²) in [5, 5.41) is 0. The second-order valence-corrected chi connectivity index (χ2v) is 3.06. The van der Waals surface area contributed by atoms with Crippen molar-refractivity contribution in [2.75, 3.05) is 6.61 Å². The van der Waals surface area contributed by atoms with Crippen LogP contribution in [-0.2, 0) is 18.8 Å². The van der Waals surface area contributed by atoms with Gasteiger partial charge in [-0.15, -0.1) is 0 Å². The summed E-state index contributed by atoms with van der Waals surface area (Å²) in [5.74, 6) is 0. The maximum Gasteiger partial charge on any atom is 0.400 e. The minimum absolute atomic E-state index is 0.166. The Morgan fingerprint density at radius 1 is 1.67 bits per heavy atom. The van der Waals surface area contributed by atoms with E-state index in [1.54, 1.807) is 0 Å². The molecular formula is C4H8O4S. The summed E-state index contributed by atoms with van der Waals surface area (Å²) in [7, 11) is -3.61. The quantitative estimate of drug-likeness (QED) is 0.533. The Labute approximate surface area is 54.1 Å². The third-order valence-corrected chi connectivity index (χ3v) is 2.04. The molecule has 0 aromatic rings. The predicted octanol–water partition coefficient (Wildman–Crippen LogP) is 0.0566. The second-order valence-electron chi connectivity index (χ2n) is 1.82. The lowest BCUT2D eigenvalue weighted by Crippen LogP contribution is -2.07. The maximum atomic E-state index is 10.4. The molecule has 1 aliphatic heterocycles. The first-order chi connectivity index (χ1) is 4.14. The lowest BCUT2D eigenvalue weighted by molar-refractivity contribution is 0.231. The van der Waals surface area contributed by atoms with Gasteiger partial charge >= 0.3 is 10.4 Å². The summed E-state index contributed by atoms with van der Waals surface area (Å²) < 4.78 is 29.5. The molecule has 1 aliphatic rings. The molecule has 1 rings (SSSR count). The number of hydrogen-bond donors (Lipinski definition) is 0. The summed E-state index contributed by atoms with van der Waals surface area (Å²) in [4.78, 5) is 0. The fourth-order valence-electron chi connectivity index (χ4n) is 0.567. The van der Waals surface area contributed by atoms with Crippen molar-refractivity contribution in [3.63, 3.8) is 0 Å². The van der Waals surface area contributed by atoms with Gasteiger partial charge in [0.15, 0.2) is 0 Å². The fourth-order valence-corrected chi connectivity index (χ4v) is 1.47. The predicted molar refractivity (Wildman–Crippen MR) is 30.0 cm³/mol. The van der Waals surface area contributed by atoms with Gasteiger partial charge in [-0.25, -0.2) is 8.37 Å². The van der Waals surface area contributed by atoms with Crippen molar-refractivity contribution in [3.8, 4) is 0 Å². The van der Waals surface area contributed by atoms with Gasteiger partial charge in [-0.05, 0) is 6.42 Å². The molecule has 0 unspecified atom stereocenters. The lowest BCUT2D eigenvalue weighted by Gasteiger charge is -1.96. The summed E-state index contributed by atoms with van der Waals surface area (Å²) >= 11 is 0. The van der Waals surface area contributed by atoms with Gasteiger partial charge in [-0.2, -0.15) is 8.42 Å². The Kier molecular flexibility index (Phi) is 1.74. The van der Waals surface area contributed by atoms with E-state index in [9.17, 15) is 8.42 Å². The van der Waals surface area contributed by atoms with Crippen molar-refractivity contribution < 1.29 is 16.8 Å². The first-order valence-corrected chi connectivity index (χ1v) is 4.05. The Hall–Kier alpha value is -0.130. The van der Waals surface area contributed by atoms with Crippen molar-refractivity contribution in [2.45, 2.75) is 19.4 Å². The van der Waals surface area contributed by atoms with E-state index in [1.165, 1.54) is 0 Å². The van der Waals surface area contributed by atoms with Gasteiger partial charge in [0.25, 0.3) is 0 Å². The lowest BCUT2D eigenvalue weighted by atomic mass is 10.3. The van der Waals surface area contributed by atoms with E-state index in [2.05, 4.69) is 8.37 Å². The van der Waals surface area contributed by atoms with Crippen LogP contribution in [0.15, 0.2) is 0 Å². The zero-order valence-electron chi connectivity index (χ0n) is 5.03. The molecule has 0 spiro atoms. The van der Waals surface area contributed by atoms with Crippen LogP contribution in [-0.4, -0.2) is 21.1 Å². The van der Waals surface area contributed by atoms with Gasteiger partial charge in [0.05, 0.1) is 6.61 Å². The largest absolute Gasteiger partial charge is 0.400 e. The van der Waals surface area contributed by atoms with E-state index in [4.69, 9.17) is 0 Å². The van der Waals surface area contributed by atoms with Gasteiger partial charge in [0.2, 0.25) is 0 Å². The summed E-state index contributed by atoms with van der Waals surface area (Å²) in [5.41, 5.74) is 0. The van der Waals surface area contributed by atoms with Crippen LogP contribution >= 0.6 is 0 Å². The minimum atomic E-state index is -3.61. The zero-order chi connectivity index (χ0) is 6.91. The third-order valence-electron chi connectivity index (χ3n) is 1.11. The van der Waals surface area contributed by atoms with E-state index in [0.29, 0.717) is 6.42 Å². The zero-order valence-corrected chi connectivity index (χ0v) is 5.85. The molecule has 4 nitrogen and oxygen atoms in total. The monoisotopic (exact) mass is 152 g/mol. The highest BCUT2D eigenvalue weighted by atomic mass is 32.3. The molecule has 0 aliphatic carbocycles. The van der Waals surface area contributed by atoms with Gasteiger partial charge in [-0.3, -0.25) is 0 Å². The molecule has 0 amide bonds. The fraction of sp³-hybridized carbons (Fsp3) is 1.00. The summed E-state index contributed by atoms with van der Waals surface area (Å²) in [6.45, 7) is 2.01. The van der Waals surface area contributed by atoms with Crippen LogP contribution in [0.25, 0.3) is 0 Å². The highest BCUT2D eigenvalue weighted by molar-refractivity contribution is 7.82. The SMILES string of the molecule is CC[C@@H]1COS(=O)(=O)O1. The van der Waals surface area contributed by atoms with Crippen LogP contribution in [0.1, 0.15) is 13.3 Å². The van der Waals surface area contributed by atoms with Crippen molar-refractivity contribution in [2.24, 2.45) is 0 Å². The Morgan fingerprint density at radius 3 is 2.56 bits per heavy atom. The Bertz CT molecular complexity index is 183. The smallest absolute Gasteiger partial charge is 0.245 e. The highest BCUT2D eigenvalue weighted by Gasteiger charge is 2.27. The first kappa shape index (κ1) is 6.98. The number of rotatable bonds is 1. The van der Waals surface area contributed by atoms with Gasteiger partial charge in [0.1, 0.15) is 6.10 Å². The molecule has 1 heterocycles. The van der Waals surface area contributed by atoms with Crippen LogP contribution in [0.4, 0.5) is 0 Å². The average molecular weight is 152 g/mol. The van der Waals surface area contributed by atoms with E-state index >= 15 is 0 Å². The van der Waals surface area contributed by atoms with Crippen molar-refractivity contribution >= 4 is 10.4 Å². The highest BCUT2D eigenvalue weighted by Crippen LogP contribution is 2.14. The molecule has 0 radical (unpaired) electrons. The van der Waals surface area contributed by atoms with Gasteiger partial charge in [0, 0.05) is 0 Å². The Balaban J connectivity index is 2.58. The molecule has 1 saturated heterocycles. The number of hydrogen-bond acceptors (Lipinski definition) is 4. The molecule has 1 atom stereocenters. The second kappa shape index (κ2) is 2.24. The molecule has 5 heteroatoms. The van der Waals surface area contributed by atoms with E-state index in [1.807, 2.05) is 6.92 Å². The molecule has 0 aromatic heterocycles. The molecule has 1 fully saturated rings. The molecule has 0 aromatic carbocycles. The van der Waals surface area contributed by atoms with Crippen LogP contribution in [0, 0.1) is 0 Å². The summed E-state index contributed by atoms with van der Waals surface area (Å²) in [6, 6.07) is 0. The normalized spacial score (nSPS) is 32.8. The van der Waals surface area contributed by atoms with E-state index < -0.39 is 10.4 Å². The van der Waals surface area contributed by atoms with Gasteiger partial charge in [-0.1, -0.05) is 6.92 Å². The van der Waals surface area contributed by atoms with Crippen LogP contribution < -0.4 is 0 Å². The van der Waals surface area contributed by atoms with E-state index in [-0.39, 0.29) is 12.7 Å². The molecule has 0 bridgehead atoms. The van der Waals surface area contributed by atoms with E-state index in [0.717, 1.165) is 0 Å². The standard InChI is InChI=1S/C4H8O4S/c1-2-4-3-7-9(5,6)8-4/h4H,2-3H2,1H3/t4-/m1/s1. The van der Waals surface area contributed by atoms with Crippen LogP contribution in [0.5, 0.6) is 0 Å². The first-order valence-electron chi connectivity index (χ1n) is 2.71. The van der Waals surface area contributed by atoms with Crippen molar-refractivity contribution in [1.29, 1.82) is 0 Å². The molecular weight excluding hydrogens is 144 g/mol. The Morgan fingerprint density at radius 2 is 2.33 bits per heavy atom. The third kappa shape index (κ3) is 1.64. The van der Waals surface area contributed by atoms with Crippen molar-refractivity contribution in [1.82, 2.24) is 0 Å². The molecule has 0 N–H and O–H groups in total. The minimum Gasteiger partial charge on any atom is -0.245 e. The van der Waals surface area contributed by atoms with Crippen LogP contribution in [0.2, 0.25) is 0 Å². The summed E-state index contributed by atoms with van der Waals surface area (Å²) in [6.07, 6.45) is 0.397. The van der Waals surface area contributed by atoms with Gasteiger partial charge < -0.3 is 0 Å². The van der Waals surface area contributed by atoms with Crippen LogP contribution in [0.3, 0.4) is 0 Å². The molecule has 54 valence electrons. The van der Waals surface area contributed by atoms with Crippen molar-refractivity contribution in [3.05, 3.63) is 0 Å².